The molecule has 3 atom stereocenters. The Bertz CT molecular complexity index is 1940. The summed E-state index contributed by atoms with van der Waals surface area (Å²) in [6, 6.07) is 4.07. The van der Waals surface area contributed by atoms with E-state index >= 15 is 0 Å². The number of hydrogen-bond donors (Lipinski definition) is 4. The first-order valence-electron chi connectivity index (χ1n) is 13.8. The maximum atomic E-state index is 13.6. The van der Waals surface area contributed by atoms with Crippen LogP contribution in [0.4, 0.5) is 5.13 Å². The minimum absolute atomic E-state index is 0.0422. The average Bonchev–Trinajstić information content (AvgIpc) is 3.72. The Kier molecular flexibility index (Phi) is 10.4. The number of benzene rings is 1. The normalized spacial score (nSPS) is 18.0. The number of carbonyl (C=O) groups excluding carboxylic acids is 4. The van der Waals surface area contributed by atoms with Gasteiger partial charge in [0.2, 0.25) is 6.10 Å². The molecule has 4 heterocycles. The smallest absolute Gasteiger partial charge is 0.352 e. The Balaban J connectivity index is 1.39. The SMILES string of the molecule is CC(=O)Oc1ccc([C@@H](ON=C(C(=O)N[C@@H]2C(=O)N3C(C(=O)O)=C(/C=C\c4ccsn4)CS[C@@H]23)c2csc(N)n2)C(=O)O)cc1OC(C)=O. The number of carboxylic acid groups (broad SMARTS) is 2. The van der Waals surface area contributed by atoms with Crippen molar-refractivity contribution in [2.45, 2.75) is 31.4 Å². The van der Waals surface area contributed by atoms with Crippen molar-refractivity contribution in [3.05, 3.63) is 69.3 Å². The van der Waals surface area contributed by atoms with Gasteiger partial charge in [-0.25, -0.2) is 14.6 Å². The standard InChI is InChI=1S/C29H24N6O11S3/c1-12(36)44-18-6-4-14(9-19(18)45-13(2)37)23(28(42)43)46-33-20(17-11-48-29(30)31-17)24(38)32-21-25(39)35-22(27(40)41)15(10-47-26(21)35)3-5-16-7-8-49-34-16/h3-9,11,21,23,26H,10H2,1-2H3,(H2,30,31)(H,32,38)(H,40,41)(H,42,43)/b5-3-,33-20?/t21-,23-,26+/m1/s1. The Hall–Kier alpha value is -5.60. The Morgan fingerprint density at radius 3 is 2.45 bits per heavy atom. The summed E-state index contributed by atoms with van der Waals surface area (Å²) in [6.07, 6.45) is 1.33. The number of carbonyl (C=O) groups is 6. The number of fused-ring (bicyclic) bond motifs is 1. The lowest BCUT2D eigenvalue weighted by Crippen LogP contribution is -2.71. The van der Waals surface area contributed by atoms with E-state index in [1.165, 1.54) is 40.8 Å². The van der Waals surface area contributed by atoms with Gasteiger partial charge in [0.25, 0.3) is 11.8 Å². The number of nitrogens with zero attached hydrogens (tertiary/aromatic N) is 4. The molecule has 49 heavy (non-hydrogen) atoms. The molecule has 17 nitrogen and oxygen atoms in total. The van der Waals surface area contributed by atoms with Crippen molar-refractivity contribution in [3.8, 4) is 11.5 Å². The van der Waals surface area contributed by atoms with Gasteiger partial charge in [0.1, 0.15) is 22.8 Å². The highest BCUT2D eigenvalue weighted by Crippen LogP contribution is 2.41. The first-order chi connectivity index (χ1) is 23.3. The van der Waals surface area contributed by atoms with Crippen molar-refractivity contribution in [3.63, 3.8) is 0 Å². The molecule has 1 fully saturated rings. The number of ether oxygens (including phenoxy) is 2. The molecular weight excluding hydrogens is 705 g/mol. The molecule has 0 radical (unpaired) electrons. The zero-order chi connectivity index (χ0) is 35.4. The van der Waals surface area contributed by atoms with Gasteiger partial charge in [-0.3, -0.25) is 24.1 Å². The van der Waals surface area contributed by atoms with Gasteiger partial charge in [0.15, 0.2) is 22.3 Å². The largest absolute Gasteiger partial charge is 0.478 e. The number of β-lactam (4-membered cyclic amide) rings is 1. The highest BCUT2D eigenvalue weighted by atomic mass is 32.2. The minimum Gasteiger partial charge on any atom is -0.478 e. The topological polar surface area (TPSA) is 250 Å². The number of esters is 2. The maximum Gasteiger partial charge on any atom is 0.352 e. The highest BCUT2D eigenvalue weighted by Gasteiger charge is 2.54. The Morgan fingerprint density at radius 2 is 1.84 bits per heavy atom. The second-order valence-corrected chi connectivity index (χ2v) is 12.7. The van der Waals surface area contributed by atoms with E-state index in [-0.39, 0.29) is 39.3 Å². The average molecular weight is 729 g/mol. The molecule has 0 unspecified atom stereocenters. The molecule has 0 saturated carbocycles. The summed E-state index contributed by atoms with van der Waals surface area (Å²) >= 11 is 3.40. The van der Waals surface area contributed by atoms with E-state index in [2.05, 4.69) is 19.8 Å². The summed E-state index contributed by atoms with van der Waals surface area (Å²) in [6.45, 7) is 2.20. The molecule has 254 valence electrons. The number of nitrogen functional groups attached to an aromatic ring is 1. The van der Waals surface area contributed by atoms with Gasteiger partial charge < -0.3 is 35.6 Å². The van der Waals surface area contributed by atoms with Crippen LogP contribution in [-0.4, -0.2) is 83.0 Å². The van der Waals surface area contributed by atoms with Gasteiger partial charge in [-0.15, -0.1) is 23.1 Å². The molecular formula is C29H24N6O11S3. The second-order valence-electron chi connectivity index (χ2n) is 10.0. The van der Waals surface area contributed by atoms with Crippen molar-refractivity contribution in [1.82, 2.24) is 19.6 Å². The predicted molar refractivity (Wildman–Crippen MR) is 174 cm³/mol. The van der Waals surface area contributed by atoms with Crippen molar-refractivity contribution in [2.24, 2.45) is 5.16 Å². The molecule has 2 aromatic heterocycles. The number of oxime groups is 1. The van der Waals surface area contributed by atoms with E-state index < -0.39 is 58.9 Å². The molecule has 1 aromatic carbocycles. The third-order valence-electron chi connectivity index (χ3n) is 6.63. The molecule has 2 aliphatic rings. The molecule has 20 heteroatoms. The van der Waals surface area contributed by atoms with Crippen molar-refractivity contribution in [2.75, 3.05) is 11.5 Å². The van der Waals surface area contributed by atoms with Crippen LogP contribution in [0.15, 0.2) is 57.5 Å². The first-order valence-corrected chi connectivity index (χ1v) is 16.6. The van der Waals surface area contributed by atoms with Crippen LogP contribution in [0, 0.1) is 0 Å². The molecule has 5 rings (SSSR count). The second kappa shape index (κ2) is 14.7. The van der Waals surface area contributed by atoms with Crippen LogP contribution >= 0.6 is 34.6 Å². The van der Waals surface area contributed by atoms with Gasteiger partial charge in [0.05, 0.1) is 5.69 Å². The van der Waals surface area contributed by atoms with E-state index in [0.29, 0.717) is 11.3 Å². The molecule has 0 spiro atoms. The van der Waals surface area contributed by atoms with Crippen LogP contribution in [0.5, 0.6) is 11.5 Å². The molecule has 0 bridgehead atoms. The zero-order valence-electron chi connectivity index (χ0n) is 25.2. The lowest BCUT2D eigenvalue weighted by molar-refractivity contribution is -0.151. The van der Waals surface area contributed by atoms with E-state index in [1.54, 1.807) is 23.6 Å². The number of rotatable bonds is 12. The summed E-state index contributed by atoms with van der Waals surface area (Å²) in [5.41, 5.74) is 5.77. The maximum absolute atomic E-state index is 13.6. The van der Waals surface area contributed by atoms with Crippen molar-refractivity contribution >= 4 is 87.2 Å². The summed E-state index contributed by atoms with van der Waals surface area (Å²) in [7, 11) is 0. The lowest BCUT2D eigenvalue weighted by atomic mass is 10.0. The number of hydrogen-bond acceptors (Lipinski definition) is 16. The van der Waals surface area contributed by atoms with Gasteiger partial charge in [0, 0.05) is 35.9 Å². The number of aromatic nitrogens is 2. The monoisotopic (exact) mass is 728 g/mol. The number of thiazole rings is 1. The fourth-order valence-electron chi connectivity index (χ4n) is 4.59. The van der Waals surface area contributed by atoms with Crippen LogP contribution in [0.1, 0.15) is 36.9 Å². The molecule has 5 N–H and O–H groups in total. The number of allylic oxidation sites excluding steroid dienone is 1. The summed E-state index contributed by atoms with van der Waals surface area (Å²) in [4.78, 5) is 84.8. The van der Waals surface area contributed by atoms with Crippen LogP contribution < -0.4 is 20.5 Å². The third kappa shape index (κ3) is 7.77. The van der Waals surface area contributed by atoms with Gasteiger partial charge >= 0.3 is 23.9 Å². The number of amides is 2. The van der Waals surface area contributed by atoms with Crippen LogP contribution in [0.25, 0.3) is 6.08 Å². The molecule has 3 aromatic rings. The predicted octanol–water partition coefficient (Wildman–Crippen LogP) is 2.03. The Morgan fingerprint density at radius 1 is 1.10 bits per heavy atom. The number of thioether (sulfide) groups is 1. The summed E-state index contributed by atoms with van der Waals surface area (Å²) in [5, 5.41) is 28.6. The van der Waals surface area contributed by atoms with Crippen molar-refractivity contribution in [1.29, 1.82) is 0 Å². The molecule has 2 aliphatic heterocycles. The van der Waals surface area contributed by atoms with Crippen LogP contribution in [-0.2, 0) is 33.6 Å². The Labute approximate surface area is 288 Å². The van der Waals surface area contributed by atoms with E-state index in [4.69, 9.17) is 20.0 Å². The van der Waals surface area contributed by atoms with Crippen LogP contribution in [0.2, 0.25) is 0 Å². The minimum atomic E-state index is -1.88. The summed E-state index contributed by atoms with van der Waals surface area (Å²) in [5.74, 6) is -6.33. The number of carboxylic acids is 2. The molecule has 1 saturated heterocycles. The van der Waals surface area contributed by atoms with Crippen LogP contribution in [0.3, 0.4) is 0 Å². The van der Waals surface area contributed by atoms with E-state index in [1.807, 2.05) is 0 Å². The lowest BCUT2D eigenvalue weighted by Gasteiger charge is -2.49. The van der Waals surface area contributed by atoms with Gasteiger partial charge in [-0.2, -0.15) is 4.37 Å². The number of nitrogens with two attached hydrogens (primary N) is 1. The van der Waals surface area contributed by atoms with Gasteiger partial charge in [-0.05, 0) is 41.4 Å². The third-order valence-corrected chi connectivity index (χ3v) is 9.18. The number of anilines is 1. The number of aliphatic carboxylic acids is 2. The highest BCUT2D eigenvalue weighted by molar-refractivity contribution is 8.00. The first kappa shape index (κ1) is 34.7. The number of nitrogens with one attached hydrogen (secondary N) is 1. The molecule has 2 amide bonds. The van der Waals surface area contributed by atoms with Gasteiger partial charge in [-0.1, -0.05) is 17.3 Å². The quantitative estimate of drug-likeness (QED) is 0.0685. The van der Waals surface area contributed by atoms with Crippen molar-refractivity contribution < 1.29 is 53.3 Å². The zero-order valence-corrected chi connectivity index (χ0v) is 27.7. The fraction of sp³-hybridized carbons (Fsp3) is 0.207. The van der Waals surface area contributed by atoms with E-state index in [0.717, 1.165) is 36.2 Å². The summed E-state index contributed by atoms with van der Waals surface area (Å²) < 4.78 is 14.2. The van der Waals surface area contributed by atoms with E-state index in [9.17, 15) is 39.0 Å². The fourth-order valence-corrected chi connectivity index (χ4v) is 6.96. The molecule has 0 aliphatic carbocycles.